The van der Waals surface area contributed by atoms with Gasteiger partial charge in [0.1, 0.15) is 0 Å². The van der Waals surface area contributed by atoms with Crippen molar-refractivity contribution < 1.29 is 9.59 Å². The van der Waals surface area contributed by atoms with Gasteiger partial charge in [-0.2, -0.15) is 0 Å². The number of urea groups is 1. The zero-order valence-electron chi connectivity index (χ0n) is 9.97. The molecule has 1 aromatic heterocycles. The third kappa shape index (κ3) is 2.66. The fourth-order valence-corrected chi connectivity index (χ4v) is 2.80. The fraction of sp³-hybridized carbons (Fsp3) is 0.500. The molecule has 1 fully saturated rings. The van der Waals surface area contributed by atoms with Crippen LogP contribution in [0.1, 0.15) is 18.7 Å². The zero-order valence-corrected chi connectivity index (χ0v) is 10.8. The second-order valence-corrected chi connectivity index (χ2v) is 5.51. The molecule has 0 saturated carbocycles. The lowest BCUT2D eigenvalue weighted by Crippen LogP contribution is -2.56. The molecule has 2 heterocycles. The molecule has 0 spiro atoms. The predicted molar refractivity (Wildman–Crippen MR) is 66.9 cm³/mol. The number of hydrogen-bond donors (Lipinski definition) is 1. The summed E-state index contributed by atoms with van der Waals surface area (Å²) in [6.45, 7) is 4.37. The molecule has 0 bridgehead atoms. The number of carbonyl (C=O) groups excluding carboxylic acids is 2. The number of nitrogens with zero attached hydrogens (tertiary/aromatic N) is 1. The van der Waals surface area contributed by atoms with Crippen molar-refractivity contribution in [1.82, 2.24) is 10.2 Å². The van der Waals surface area contributed by atoms with Crippen molar-refractivity contribution in [2.24, 2.45) is 5.92 Å². The van der Waals surface area contributed by atoms with Gasteiger partial charge in [0.15, 0.2) is 0 Å². The number of hydrogen-bond acceptors (Lipinski definition) is 3. The molecule has 2 atom stereocenters. The summed E-state index contributed by atoms with van der Waals surface area (Å²) in [6.07, 6.45) is 0.839. The average Bonchev–Trinajstić information content (AvgIpc) is 2.76. The quantitative estimate of drug-likeness (QED) is 0.892. The van der Waals surface area contributed by atoms with Crippen LogP contribution in [0.25, 0.3) is 0 Å². The van der Waals surface area contributed by atoms with Gasteiger partial charge in [-0.1, -0.05) is 13.0 Å². The Hall–Kier alpha value is -1.36. The van der Waals surface area contributed by atoms with Crippen molar-refractivity contribution in [1.29, 1.82) is 0 Å². The summed E-state index contributed by atoms with van der Waals surface area (Å²) in [5.74, 6) is -0.298. The van der Waals surface area contributed by atoms with Crippen molar-refractivity contribution >= 4 is 23.3 Å². The average molecular weight is 252 g/mol. The van der Waals surface area contributed by atoms with Gasteiger partial charge in [0.05, 0.1) is 5.92 Å². The maximum Gasteiger partial charge on any atom is 0.324 e. The number of amides is 3. The van der Waals surface area contributed by atoms with Crippen LogP contribution in [0.5, 0.6) is 0 Å². The van der Waals surface area contributed by atoms with Crippen molar-refractivity contribution in [3.63, 3.8) is 0 Å². The summed E-state index contributed by atoms with van der Waals surface area (Å²) in [7, 11) is 0. The fourth-order valence-electron chi connectivity index (χ4n) is 1.97. The van der Waals surface area contributed by atoms with Gasteiger partial charge in [-0.05, 0) is 18.4 Å². The zero-order chi connectivity index (χ0) is 12.4. The first kappa shape index (κ1) is 12.1. The highest BCUT2D eigenvalue weighted by Gasteiger charge is 2.31. The molecule has 0 aromatic carbocycles. The molecule has 1 aliphatic heterocycles. The Morgan fingerprint density at radius 3 is 3.00 bits per heavy atom. The predicted octanol–water partition coefficient (Wildman–Crippen LogP) is 1.87. The van der Waals surface area contributed by atoms with E-state index in [1.54, 1.807) is 16.2 Å². The van der Waals surface area contributed by atoms with Crippen molar-refractivity contribution in [3.8, 4) is 0 Å². The Kier molecular flexibility index (Phi) is 3.47. The summed E-state index contributed by atoms with van der Waals surface area (Å²) < 4.78 is 0. The highest BCUT2D eigenvalue weighted by atomic mass is 32.1. The third-order valence-electron chi connectivity index (χ3n) is 3.02. The van der Waals surface area contributed by atoms with E-state index >= 15 is 0 Å². The van der Waals surface area contributed by atoms with Gasteiger partial charge in [-0.3, -0.25) is 10.1 Å². The summed E-state index contributed by atoms with van der Waals surface area (Å²) >= 11 is 1.69. The molecule has 2 rings (SSSR count). The van der Waals surface area contributed by atoms with E-state index in [0.717, 1.165) is 6.42 Å². The van der Waals surface area contributed by atoms with Gasteiger partial charge in [0.25, 0.3) is 0 Å². The van der Waals surface area contributed by atoms with E-state index in [4.69, 9.17) is 0 Å². The lowest BCUT2D eigenvalue weighted by Gasteiger charge is -2.34. The molecule has 0 aliphatic carbocycles. The molecule has 3 amide bonds. The lowest BCUT2D eigenvalue weighted by molar-refractivity contribution is -0.125. The second-order valence-electron chi connectivity index (χ2n) is 4.48. The van der Waals surface area contributed by atoms with E-state index in [2.05, 4.69) is 11.4 Å². The molecular weight excluding hydrogens is 236 g/mol. The summed E-state index contributed by atoms with van der Waals surface area (Å²) in [5.41, 5.74) is 0. The van der Waals surface area contributed by atoms with Crippen LogP contribution in [-0.4, -0.2) is 29.4 Å². The largest absolute Gasteiger partial charge is 0.324 e. The summed E-state index contributed by atoms with van der Waals surface area (Å²) in [5, 5.41) is 4.42. The van der Waals surface area contributed by atoms with Crippen LogP contribution in [0, 0.1) is 5.92 Å². The molecule has 1 aromatic rings. The summed E-state index contributed by atoms with van der Waals surface area (Å²) in [4.78, 5) is 26.1. The van der Waals surface area contributed by atoms with Crippen LogP contribution in [0.2, 0.25) is 0 Å². The Labute approximate surface area is 105 Å². The van der Waals surface area contributed by atoms with Crippen LogP contribution in [0.4, 0.5) is 4.79 Å². The molecule has 0 radical (unpaired) electrons. The highest BCUT2D eigenvalue weighted by Crippen LogP contribution is 2.17. The first-order chi connectivity index (χ1) is 8.08. The monoisotopic (exact) mass is 252 g/mol. The van der Waals surface area contributed by atoms with Crippen LogP contribution >= 0.6 is 11.3 Å². The minimum Gasteiger partial charge on any atom is -0.321 e. The number of carbonyl (C=O) groups is 2. The molecule has 5 heteroatoms. The normalized spacial score (nSPS) is 22.5. The summed E-state index contributed by atoms with van der Waals surface area (Å²) in [6, 6.07) is 3.92. The Bertz CT molecular complexity index is 416. The van der Waals surface area contributed by atoms with E-state index in [9.17, 15) is 9.59 Å². The molecule has 4 nitrogen and oxygen atoms in total. The number of thiophene rings is 1. The molecule has 1 aliphatic rings. The SMILES string of the molecule is CC1CN(C(C)Cc2cccs2)C(=O)NC1=O. The van der Waals surface area contributed by atoms with Crippen molar-refractivity contribution in [3.05, 3.63) is 22.4 Å². The smallest absolute Gasteiger partial charge is 0.321 e. The van der Waals surface area contributed by atoms with E-state index in [0.29, 0.717) is 6.54 Å². The Morgan fingerprint density at radius 2 is 2.35 bits per heavy atom. The minimum atomic E-state index is -0.267. The van der Waals surface area contributed by atoms with E-state index in [-0.39, 0.29) is 23.9 Å². The maximum absolute atomic E-state index is 11.7. The number of imide groups is 1. The first-order valence-corrected chi connectivity index (χ1v) is 6.59. The Balaban J connectivity index is 2.01. The van der Waals surface area contributed by atoms with Crippen LogP contribution in [-0.2, 0) is 11.2 Å². The molecule has 1 saturated heterocycles. The topological polar surface area (TPSA) is 49.4 Å². The van der Waals surface area contributed by atoms with Gasteiger partial charge in [0.2, 0.25) is 5.91 Å². The molecule has 17 heavy (non-hydrogen) atoms. The minimum absolute atomic E-state index is 0.115. The molecule has 2 unspecified atom stereocenters. The molecule has 92 valence electrons. The lowest BCUT2D eigenvalue weighted by atomic mass is 10.1. The van der Waals surface area contributed by atoms with Crippen LogP contribution in [0.3, 0.4) is 0 Å². The molecule has 1 N–H and O–H groups in total. The van der Waals surface area contributed by atoms with Gasteiger partial charge in [0, 0.05) is 23.9 Å². The number of nitrogens with one attached hydrogen (secondary N) is 1. The van der Waals surface area contributed by atoms with Crippen LogP contribution < -0.4 is 5.32 Å². The Morgan fingerprint density at radius 1 is 1.59 bits per heavy atom. The van der Waals surface area contributed by atoms with E-state index < -0.39 is 0 Å². The maximum atomic E-state index is 11.7. The van der Waals surface area contributed by atoms with Crippen LogP contribution in [0.15, 0.2) is 17.5 Å². The number of rotatable bonds is 3. The standard InChI is InChI=1S/C12H16N2O2S/c1-8-7-14(12(16)13-11(8)15)9(2)6-10-4-3-5-17-10/h3-5,8-9H,6-7H2,1-2H3,(H,13,15,16). The van der Waals surface area contributed by atoms with Gasteiger partial charge >= 0.3 is 6.03 Å². The first-order valence-electron chi connectivity index (χ1n) is 5.71. The van der Waals surface area contributed by atoms with Gasteiger partial charge < -0.3 is 4.90 Å². The van der Waals surface area contributed by atoms with Gasteiger partial charge in [-0.25, -0.2) is 4.79 Å². The van der Waals surface area contributed by atoms with Crippen molar-refractivity contribution in [2.75, 3.05) is 6.54 Å². The van der Waals surface area contributed by atoms with Gasteiger partial charge in [-0.15, -0.1) is 11.3 Å². The van der Waals surface area contributed by atoms with E-state index in [1.165, 1.54) is 4.88 Å². The molecular formula is C12H16N2O2S. The van der Waals surface area contributed by atoms with E-state index in [1.807, 2.05) is 25.3 Å². The highest BCUT2D eigenvalue weighted by molar-refractivity contribution is 7.09. The third-order valence-corrected chi connectivity index (χ3v) is 3.92. The van der Waals surface area contributed by atoms with Crippen molar-refractivity contribution in [2.45, 2.75) is 26.3 Å². The second kappa shape index (κ2) is 4.87.